The van der Waals surface area contributed by atoms with Crippen LogP contribution in [-0.2, 0) is 29.1 Å². The van der Waals surface area contributed by atoms with Crippen LogP contribution in [0.25, 0.3) is 10.9 Å². The van der Waals surface area contributed by atoms with Gasteiger partial charge in [0.2, 0.25) is 0 Å². The summed E-state index contributed by atoms with van der Waals surface area (Å²) in [5.41, 5.74) is -3.41. The van der Waals surface area contributed by atoms with Gasteiger partial charge in [-0.25, -0.2) is 13.2 Å². The van der Waals surface area contributed by atoms with Crippen LogP contribution in [0.3, 0.4) is 0 Å². The van der Waals surface area contributed by atoms with Crippen LogP contribution in [0.5, 0.6) is 0 Å². The minimum atomic E-state index is -4.82. The molecule has 1 unspecified atom stereocenters. The van der Waals surface area contributed by atoms with Crippen LogP contribution in [0, 0.1) is 5.92 Å². The molecule has 1 fully saturated rings. The first-order valence-electron chi connectivity index (χ1n) is 12.7. The fraction of sp³-hybridized carbons (Fsp3) is 0.462. The number of fused-ring (bicyclic) bond motifs is 1. The van der Waals surface area contributed by atoms with E-state index in [1.54, 1.807) is 0 Å². The lowest BCUT2D eigenvalue weighted by atomic mass is 9.96. The Morgan fingerprint density at radius 1 is 1.15 bits per heavy atom. The van der Waals surface area contributed by atoms with Crippen LogP contribution < -0.4 is 16.6 Å². The Bertz CT molecular complexity index is 1650. The van der Waals surface area contributed by atoms with E-state index in [1.807, 2.05) is 11.9 Å². The molecule has 2 heterocycles. The number of aromatic nitrogens is 2. The summed E-state index contributed by atoms with van der Waals surface area (Å²) in [7, 11) is -1.94. The molecule has 0 saturated carbocycles. The van der Waals surface area contributed by atoms with Gasteiger partial charge in [-0.1, -0.05) is 30.1 Å². The number of alkyl halides is 3. The molecular weight excluding hydrogens is 592 g/mol. The molecule has 2 N–H and O–H groups in total. The summed E-state index contributed by atoms with van der Waals surface area (Å²) >= 11 is 12.5. The second kappa shape index (κ2) is 11.8. The van der Waals surface area contributed by atoms with Crippen molar-refractivity contribution >= 4 is 43.9 Å². The molecule has 3 aromatic rings. The smallest absolute Gasteiger partial charge is 0.319 e. The first-order chi connectivity index (χ1) is 18.8. The number of halogens is 5. The molecule has 4 rings (SSSR count). The van der Waals surface area contributed by atoms with Gasteiger partial charge in [-0.3, -0.25) is 14.3 Å². The minimum absolute atomic E-state index is 0.0567. The van der Waals surface area contributed by atoms with E-state index < -0.39 is 44.8 Å². The van der Waals surface area contributed by atoms with Crippen molar-refractivity contribution in [1.29, 1.82) is 0 Å². The molecule has 0 spiro atoms. The lowest BCUT2D eigenvalue weighted by Crippen LogP contribution is -2.39. The Hall–Kier alpha value is -2.38. The lowest BCUT2D eigenvalue weighted by Gasteiger charge is -2.33. The molecule has 1 atom stereocenters. The standard InChI is InChI=1S/C26H29Cl2F3N4O4S/c1-3-40(38,39)21-7-6-17(27)9-16(21)13-35-24(36)18-10-20(26(29,30)31)19(22(28)23(18)33-25(35)37)14-34-8-4-5-15(12-34)11-32-2/h6-7,9-10,15,32H,3-5,8,11-14H2,1-2H3,(H,33,37). The zero-order chi connectivity index (χ0) is 29.4. The van der Waals surface area contributed by atoms with Gasteiger partial charge in [-0.2, -0.15) is 13.2 Å². The molecule has 2 aromatic carbocycles. The van der Waals surface area contributed by atoms with Gasteiger partial charge in [0.15, 0.2) is 9.84 Å². The SMILES string of the molecule is CCS(=O)(=O)c1ccc(Cl)cc1Cn1c(=O)[nH]c2c(Cl)c(CN3CCCC(CNC)C3)c(C(F)(F)F)cc2c1=O. The summed E-state index contributed by atoms with van der Waals surface area (Å²) in [5.74, 6) is 0.0252. The largest absolute Gasteiger partial charge is 0.416 e. The fourth-order valence-corrected chi connectivity index (χ4v) is 6.83. The summed E-state index contributed by atoms with van der Waals surface area (Å²) in [6.07, 6.45) is -3.05. The van der Waals surface area contributed by atoms with Gasteiger partial charge in [-0.05, 0) is 74.3 Å². The predicted molar refractivity (Wildman–Crippen MR) is 149 cm³/mol. The number of aromatic amines is 1. The van der Waals surface area contributed by atoms with Crippen molar-refractivity contribution in [2.24, 2.45) is 5.92 Å². The Morgan fingerprint density at radius 2 is 1.88 bits per heavy atom. The zero-order valence-corrected chi connectivity index (χ0v) is 24.2. The molecule has 0 aliphatic carbocycles. The Labute approximate surface area is 239 Å². The van der Waals surface area contributed by atoms with E-state index in [4.69, 9.17) is 23.2 Å². The molecule has 1 saturated heterocycles. The van der Waals surface area contributed by atoms with E-state index in [-0.39, 0.29) is 49.8 Å². The van der Waals surface area contributed by atoms with Crippen molar-refractivity contribution in [1.82, 2.24) is 19.8 Å². The first kappa shape index (κ1) is 30.6. The van der Waals surface area contributed by atoms with Gasteiger partial charge in [0.25, 0.3) is 5.56 Å². The van der Waals surface area contributed by atoms with Gasteiger partial charge in [-0.15, -0.1) is 0 Å². The van der Waals surface area contributed by atoms with Crippen molar-refractivity contribution in [3.8, 4) is 0 Å². The molecule has 0 bridgehead atoms. The van der Waals surface area contributed by atoms with Crippen LogP contribution >= 0.6 is 23.2 Å². The van der Waals surface area contributed by atoms with E-state index in [1.165, 1.54) is 25.1 Å². The quantitative estimate of drug-likeness (QED) is 0.389. The van der Waals surface area contributed by atoms with Crippen LogP contribution in [0.1, 0.15) is 36.5 Å². The van der Waals surface area contributed by atoms with E-state index in [9.17, 15) is 31.2 Å². The number of likely N-dealkylation sites (tertiary alicyclic amines) is 1. The normalized spacial score (nSPS) is 17.0. The van der Waals surface area contributed by atoms with E-state index in [0.29, 0.717) is 23.7 Å². The molecule has 0 amide bonds. The van der Waals surface area contributed by atoms with Gasteiger partial charge in [0, 0.05) is 18.1 Å². The summed E-state index contributed by atoms with van der Waals surface area (Å²) in [4.78, 5) is 30.7. The van der Waals surface area contributed by atoms with Crippen LogP contribution in [0.2, 0.25) is 10.0 Å². The number of nitrogens with one attached hydrogen (secondary N) is 2. The molecule has 8 nitrogen and oxygen atoms in total. The molecule has 14 heteroatoms. The number of hydrogen-bond acceptors (Lipinski definition) is 6. The van der Waals surface area contributed by atoms with Crippen molar-refractivity contribution < 1.29 is 21.6 Å². The Kier molecular flexibility index (Phi) is 9.06. The highest BCUT2D eigenvalue weighted by Gasteiger charge is 2.37. The third kappa shape index (κ3) is 6.25. The number of H-pyrrole nitrogens is 1. The van der Waals surface area contributed by atoms with E-state index in [2.05, 4.69) is 10.3 Å². The van der Waals surface area contributed by atoms with Gasteiger partial charge in [0.1, 0.15) is 0 Å². The van der Waals surface area contributed by atoms with Crippen molar-refractivity contribution in [3.63, 3.8) is 0 Å². The highest BCUT2D eigenvalue weighted by molar-refractivity contribution is 7.91. The van der Waals surface area contributed by atoms with Crippen LogP contribution in [0.4, 0.5) is 13.2 Å². The molecule has 1 aromatic heterocycles. The summed E-state index contributed by atoms with van der Waals surface area (Å²) in [6, 6.07) is 4.64. The summed E-state index contributed by atoms with van der Waals surface area (Å²) in [5, 5.41) is 2.48. The van der Waals surface area contributed by atoms with E-state index in [0.717, 1.165) is 19.4 Å². The maximum Gasteiger partial charge on any atom is 0.416 e. The molecule has 40 heavy (non-hydrogen) atoms. The average molecular weight is 622 g/mol. The maximum atomic E-state index is 14.3. The van der Waals surface area contributed by atoms with Crippen molar-refractivity contribution in [2.45, 2.75) is 43.9 Å². The second-order valence-corrected chi connectivity index (χ2v) is 13.0. The third-order valence-electron chi connectivity index (χ3n) is 7.17. The summed E-state index contributed by atoms with van der Waals surface area (Å²) in [6.45, 7) is 2.71. The van der Waals surface area contributed by atoms with Gasteiger partial charge >= 0.3 is 11.9 Å². The van der Waals surface area contributed by atoms with Gasteiger partial charge < -0.3 is 10.3 Å². The number of rotatable bonds is 8. The number of hydrogen-bond donors (Lipinski definition) is 2. The third-order valence-corrected chi connectivity index (χ3v) is 9.65. The Morgan fingerprint density at radius 3 is 2.52 bits per heavy atom. The highest BCUT2D eigenvalue weighted by atomic mass is 35.5. The predicted octanol–water partition coefficient (Wildman–Crippen LogP) is 4.29. The van der Waals surface area contributed by atoms with Crippen molar-refractivity contribution in [2.75, 3.05) is 32.4 Å². The lowest BCUT2D eigenvalue weighted by molar-refractivity contribution is -0.138. The van der Waals surface area contributed by atoms with Crippen LogP contribution in [0.15, 0.2) is 38.8 Å². The molecule has 0 radical (unpaired) electrons. The monoisotopic (exact) mass is 620 g/mol. The van der Waals surface area contributed by atoms with E-state index >= 15 is 0 Å². The molecule has 1 aliphatic heterocycles. The maximum absolute atomic E-state index is 14.3. The number of piperidine rings is 1. The zero-order valence-electron chi connectivity index (χ0n) is 21.9. The topological polar surface area (TPSA) is 104 Å². The van der Waals surface area contributed by atoms with Crippen molar-refractivity contribution in [3.05, 3.63) is 71.8 Å². The average Bonchev–Trinajstić information content (AvgIpc) is 2.88. The molecule has 218 valence electrons. The first-order valence-corrected chi connectivity index (χ1v) is 15.1. The van der Waals surface area contributed by atoms with Gasteiger partial charge in [0.05, 0.1) is 38.7 Å². The number of benzene rings is 2. The number of nitrogens with zero attached hydrogens (tertiary/aromatic N) is 2. The Balaban J connectivity index is 1.85. The highest BCUT2D eigenvalue weighted by Crippen LogP contribution is 2.39. The molecule has 1 aliphatic rings. The minimum Gasteiger partial charge on any atom is -0.319 e. The second-order valence-electron chi connectivity index (χ2n) is 9.91. The fourth-order valence-electron chi connectivity index (χ4n) is 5.22. The number of sulfone groups is 1. The molecular formula is C26H29Cl2F3N4O4S. The summed E-state index contributed by atoms with van der Waals surface area (Å²) < 4.78 is 68.7. The van der Waals surface area contributed by atoms with Crippen LogP contribution in [-0.4, -0.2) is 55.3 Å².